The second-order valence-electron chi connectivity index (χ2n) is 0.871. The summed E-state index contributed by atoms with van der Waals surface area (Å²) in [6, 6.07) is 0. The SMILES string of the molecule is ICC#CC#CCI. The van der Waals surface area contributed by atoms with Gasteiger partial charge in [-0.2, -0.15) is 0 Å². The van der Waals surface area contributed by atoms with E-state index in [1.54, 1.807) is 0 Å². The fraction of sp³-hybridized carbons (Fsp3) is 0.333. The number of hydrogen-bond donors (Lipinski definition) is 0. The Morgan fingerprint density at radius 1 is 0.875 bits per heavy atom. The van der Waals surface area contributed by atoms with Crippen molar-refractivity contribution in [2.24, 2.45) is 0 Å². The first kappa shape index (κ1) is 8.58. The Kier molecular flexibility index (Phi) is 8.13. The van der Waals surface area contributed by atoms with Crippen molar-refractivity contribution in [3.8, 4) is 23.7 Å². The molecule has 0 heterocycles. The van der Waals surface area contributed by atoms with Crippen LogP contribution in [0.2, 0.25) is 0 Å². The molecule has 0 fully saturated rings. The predicted molar refractivity (Wildman–Crippen MR) is 53.3 cm³/mol. The van der Waals surface area contributed by atoms with Gasteiger partial charge in [-0.1, -0.05) is 57.0 Å². The number of halogens is 2. The Labute approximate surface area is 77.1 Å². The summed E-state index contributed by atoms with van der Waals surface area (Å²) in [4.78, 5) is 0. The zero-order valence-corrected chi connectivity index (χ0v) is 8.49. The molecule has 0 aromatic heterocycles. The van der Waals surface area contributed by atoms with E-state index in [1.165, 1.54) is 0 Å². The molecule has 0 spiro atoms. The molecular formula is C6H4I2. The van der Waals surface area contributed by atoms with Crippen LogP contribution in [0.15, 0.2) is 0 Å². The summed E-state index contributed by atoms with van der Waals surface area (Å²) in [6.07, 6.45) is 0. The molecule has 0 saturated heterocycles. The van der Waals surface area contributed by atoms with Gasteiger partial charge in [0, 0.05) is 0 Å². The molecule has 0 nitrogen and oxygen atoms in total. The van der Waals surface area contributed by atoms with Crippen molar-refractivity contribution >= 4 is 45.2 Å². The van der Waals surface area contributed by atoms with Crippen LogP contribution < -0.4 is 0 Å². The van der Waals surface area contributed by atoms with Crippen LogP contribution in [0.1, 0.15) is 0 Å². The first-order chi connectivity index (χ1) is 3.91. The third-order valence-corrected chi connectivity index (χ3v) is 1.14. The van der Waals surface area contributed by atoms with Crippen molar-refractivity contribution in [2.75, 3.05) is 8.86 Å². The van der Waals surface area contributed by atoms with Gasteiger partial charge in [-0.05, 0) is 11.8 Å². The maximum absolute atomic E-state index is 2.84. The van der Waals surface area contributed by atoms with Gasteiger partial charge in [-0.15, -0.1) is 0 Å². The monoisotopic (exact) mass is 330 g/mol. The molecule has 0 aromatic rings. The van der Waals surface area contributed by atoms with Crippen molar-refractivity contribution in [3.63, 3.8) is 0 Å². The van der Waals surface area contributed by atoms with Gasteiger partial charge in [0.15, 0.2) is 0 Å². The number of alkyl halides is 2. The van der Waals surface area contributed by atoms with Crippen LogP contribution in [0, 0.1) is 23.7 Å². The average Bonchev–Trinajstić information content (AvgIpc) is 1.81. The summed E-state index contributed by atoms with van der Waals surface area (Å²) >= 11 is 4.39. The number of rotatable bonds is 0. The molecule has 0 bridgehead atoms. The highest BCUT2D eigenvalue weighted by Gasteiger charge is 1.58. The Balaban J connectivity index is 3.40. The van der Waals surface area contributed by atoms with Gasteiger partial charge in [-0.3, -0.25) is 0 Å². The topological polar surface area (TPSA) is 0 Å². The molecular weight excluding hydrogens is 326 g/mol. The van der Waals surface area contributed by atoms with Crippen LogP contribution in [0.25, 0.3) is 0 Å². The molecule has 0 aliphatic rings. The van der Waals surface area contributed by atoms with E-state index in [-0.39, 0.29) is 0 Å². The van der Waals surface area contributed by atoms with E-state index in [2.05, 4.69) is 68.9 Å². The van der Waals surface area contributed by atoms with Crippen molar-refractivity contribution < 1.29 is 0 Å². The fourth-order valence-corrected chi connectivity index (χ4v) is 0.537. The molecule has 0 radical (unpaired) electrons. The molecule has 0 aromatic carbocycles. The predicted octanol–water partition coefficient (Wildman–Crippen LogP) is 1.86. The molecule has 2 heteroatoms. The normalized spacial score (nSPS) is 5.75. The fourth-order valence-electron chi connectivity index (χ4n) is 0.155. The van der Waals surface area contributed by atoms with E-state index in [9.17, 15) is 0 Å². The lowest BCUT2D eigenvalue weighted by atomic mass is 10.6. The van der Waals surface area contributed by atoms with Crippen molar-refractivity contribution in [2.45, 2.75) is 0 Å². The van der Waals surface area contributed by atoms with E-state index < -0.39 is 0 Å². The van der Waals surface area contributed by atoms with Gasteiger partial charge in [-0.25, -0.2) is 0 Å². The van der Waals surface area contributed by atoms with Gasteiger partial charge in [0.1, 0.15) is 0 Å². The quantitative estimate of drug-likeness (QED) is 0.361. The maximum atomic E-state index is 2.84. The first-order valence-electron chi connectivity index (χ1n) is 1.99. The van der Waals surface area contributed by atoms with Crippen molar-refractivity contribution in [3.05, 3.63) is 0 Å². The lowest BCUT2D eigenvalue weighted by molar-refractivity contribution is 2.01. The molecule has 0 N–H and O–H groups in total. The minimum absolute atomic E-state index is 0.869. The summed E-state index contributed by atoms with van der Waals surface area (Å²) in [5, 5.41) is 0. The standard InChI is InChI=1S/C6H4I2/c7-5-3-1-2-4-6-8/h5-6H2. The molecule has 0 saturated carbocycles. The minimum atomic E-state index is 0.869. The lowest BCUT2D eigenvalue weighted by Gasteiger charge is -1.61. The van der Waals surface area contributed by atoms with Gasteiger partial charge in [0.2, 0.25) is 0 Å². The third kappa shape index (κ3) is 6.58. The van der Waals surface area contributed by atoms with Crippen LogP contribution in [-0.2, 0) is 0 Å². The molecule has 0 rings (SSSR count). The summed E-state index contributed by atoms with van der Waals surface area (Å²) in [6.45, 7) is 0. The second kappa shape index (κ2) is 7.58. The highest BCUT2D eigenvalue weighted by Crippen LogP contribution is 1.75. The number of hydrogen-bond acceptors (Lipinski definition) is 0. The third-order valence-electron chi connectivity index (χ3n) is 0.373. The van der Waals surface area contributed by atoms with Crippen LogP contribution in [-0.4, -0.2) is 8.86 Å². The summed E-state index contributed by atoms with van der Waals surface area (Å²) in [5.74, 6) is 11.1. The Morgan fingerprint density at radius 2 is 1.25 bits per heavy atom. The zero-order chi connectivity index (χ0) is 6.24. The van der Waals surface area contributed by atoms with E-state index in [4.69, 9.17) is 0 Å². The molecule has 42 valence electrons. The van der Waals surface area contributed by atoms with Crippen LogP contribution in [0.4, 0.5) is 0 Å². The smallest absolute Gasteiger partial charge is 0.0619 e. The highest BCUT2D eigenvalue weighted by atomic mass is 127. The zero-order valence-electron chi connectivity index (χ0n) is 4.17. The van der Waals surface area contributed by atoms with Gasteiger partial charge in [0.25, 0.3) is 0 Å². The summed E-state index contributed by atoms with van der Waals surface area (Å²) in [5.41, 5.74) is 0. The second-order valence-corrected chi connectivity index (χ2v) is 2.40. The molecule has 0 aliphatic carbocycles. The Bertz CT molecular complexity index is 131. The average molecular weight is 330 g/mol. The van der Waals surface area contributed by atoms with Gasteiger partial charge in [0.05, 0.1) is 8.86 Å². The molecule has 0 unspecified atom stereocenters. The van der Waals surface area contributed by atoms with Crippen molar-refractivity contribution in [1.29, 1.82) is 0 Å². The van der Waals surface area contributed by atoms with Gasteiger partial charge >= 0.3 is 0 Å². The molecule has 0 atom stereocenters. The van der Waals surface area contributed by atoms with E-state index in [0.717, 1.165) is 8.86 Å². The molecule has 0 aliphatic heterocycles. The minimum Gasteiger partial charge on any atom is -0.0784 e. The molecule has 0 amide bonds. The summed E-state index contributed by atoms with van der Waals surface area (Å²) < 4.78 is 1.74. The van der Waals surface area contributed by atoms with Crippen LogP contribution in [0.5, 0.6) is 0 Å². The Hall–Kier alpha value is 0.580. The highest BCUT2D eigenvalue weighted by molar-refractivity contribution is 14.1. The summed E-state index contributed by atoms with van der Waals surface area (Å²) in [7, 11) is 0. The van der Waals surface area contributed by atoms with Crippen molar-refractivity contribution in [1.82, 2.24) is 0 Å². The lowest BCUT2D eigenvalue weighted by Crippen LogP contribution is -1.59. The van der Waals surface area contributed by atoms with E-state index in [1.807, 2.05) is 0 Å². The van der Waals surface area contributed by atoms with Gasteiger partial charge < -0.3 is 0 Å². The van der Waals surface area contributed by atoms with Crippen LogP contribution >= 0.6 is 45.2 Å². The first-order valence-corrected chi connectivity index (χ1v) is 5.04. The van der Waals surface area contributed by atoms with Crippen LogP contribution in [0.3, 0.4) is 0 Å². The van der Waals surface area contributed by atoms with E-state index in [0.29, 0.717) is 0 Å². The maximum Gasteiger partial charge on any atom is 0.0619 e. The largest absolute Gasteiger partial charge is 0.0784 e. The van der Waals surface area contributed by atoms with E-state index >= 15 is 0 Å². The Morgan fingerprint density at radius 3 is 1.50 bits per heavy atom. The molecule has 8 heavy (non-hydrogen) atoms.